The van der Waals surface area contributed by atoms with Crippen molar-refractivity contribution in [1.29, 1.82) is 0 Å². The molecule has 3 rings (SSSR count). The normalized spacial score (nSPS) is 20.5. The molecule has 0 fully saturated rings. The summed E-state index contributed by atoms with van der Waals surface area (Å²) in [6.07, 6.45) is 8.38. The lowest BCUT2D eigenvalue weighted by atomic mass is 9.82. The fourth-order valence-corrected chi connectivity index (χ4v) is 3.62. The van der Waals surface area contributed by atoms with Crippen LogP contribution in [0.15, 0.2) is 59.6 Å². The lowest BCUT2D eigenvalue weighted by molar-refractivity contribution is 0.106. The number of aliphatic imine (C=N–C) groups is 1. The summed E-state index contributed by atoms with van der Waals surface area (Å²) < 4.78 is 6.44. The molecular formula is C22H27NO2. The van der Waals surface area contributed by atoms with Crippen molar-refractivity contribution in [3.63, 3.8) is 0 Å². The topological polar surface area (TPSA) is 41.8 Å². The predicted molar refractivity (Wildman–Crippen MR) is 105 cm³/mol. The summed E-state index contributed by atoms with van der Waals surface area (Å²) in [6.45, 7) is 4.59. The molecular weight excluding hydrogens is 310 g/mol. The third-order valence-corrected chi connectivity index (χ3v) is 4.70. The zero-order valence-electron chi connectivity index (χ0n) is 15.1. The number of hydrogen-bond acceptors (Lipinski definition) is 3. The highest BCUT2D eigenvalue weighted by Gasteiger charge is 2.39. The van der Waals surface area contributed by atoms with E-state index < -0.39 is 0 Å². The van der Waals surface area contributed by atoms with Gasteiger partial charge in [0.25, 0.3) is 0 Å². The molecule has 0 amide bonds. The van der Waals surface area contributed by atoms with E-state index in [0.717, 1.165) is 18.6 Å². The summed E-state index contributed by atoms with van der Waals surface area (Å²) in [4.78, 5) is 4.78. The van der Waals surface area contributed by atoms with Crippen LogP contribution in [0.3, 0.4) is 0 Å². The van der Waals surface area contributed by atoms with Crippen LogP contribution in [0.2, 0.25) is 0 Å². The van der Waals surface area contributed by atoms with E-state index in [4.69, 9.17) is 9.73 Å². The molecule has 0 aromatic heterocycles. The van der Waals surface area contributed by atoms with Crippen molar-refractivity contribution in [2.75, 3.05) is 6.61 Å². The Balaban J connectivity index is 1.88. The van der Waals surface area contributed by atoms with Crippen molar-refractivity contribution in [2.45, 2.75) is 44.8 Å². The smallest absolute Gasteiger partial charge is 0.127 e. The molecule has 0 aliphatic carbocycles. The first-order valence-corrected chi connectivity index (χ1v) is 9.12. The number of fused-ring (bicyclic) bond motifs is 1. The fraction of sp³-hybridized carbons (Fsp3) is 0.409. The van der Waals surface area contributed by atoms with Crippen LogP contribution in [0, 0.1) is 5.92 Å². The third kappa shape index (κ3) is 4.10. The van der Waals surface area contributed by atoms with Gasteiger partial charge in [-0.3, -0.25) is 4.99 Å². The van der Waals surface area contributed by atoms with Gasteiger partial charge in [0.05, 0.1) is 0 Å². The van der Waals surface area contributed by atoms with Gasteiger partial charge in [-0.25, -0.2) is 0 Å². The molecule has 0 saturated heterocycles. The summed E-state index contributed by atoms with van der Waals surface area (Å²) in [6, 6.07) is 14.5. The maximum atomic E-state index is 9.32. The number of aliphatic hydroxyl groups excluding tert-OH is 1. The van der Waals surface area contributed by atoms with Crippen molar-refractivity contribution in [1.82, 2.24) is 0 Å². The van der Waals surface area contributed by atoms with Gasteiger partial charge < -0.3 is 9.84 Å². The van der Waals surface area contributed by atoms with Crippen molar-refractivity contribution < 1.29 is 9.84 Å². The Labute approximate surface area is 150 Å². The standard InChI is InChI=1S/C22H27NO2/c1-17(2)16-22(12-6-13-23-22)21(9-5-14-24)25-20-11-10-18-7-3-4-8-19(18)15-20/h3-4,6-8,10-13,15,17,21,24H,5,9,14,16H2,1-2H3. The number of hydrogen-bond donors (Lipinski definition) is 1. The van der Waals surface area contributed by atoms with Crippen LogP contribution < -0.4 is 4.74 Å². The molecule has 2 aromatic carbocycles. The molecule has 2 atom stereocenters. The van der Waals surface area contributed by atoms with Crippen molar-refractivity contribution in [2.24, 2.45) is 10.9 Å². The minimum absolute atomic E-state index is 0.0850. The molecule has 2 unspecified atom stereocenters. The molecule has 1 aliphatic heterocycles. The third-order valence-electron chi connectivity index (χ3n) is 4.70. The Morgan fingerprint density at radius 1 is 1.12 bits per heavy atom. The molecule has 0 spiro atoms. The van der Waals surface area contributed by atoms with Gasteiger partial charge in [0, 0.05) is 12.8 Å². The zero-order chi connectivity index (χ0) is 17.7. The second-order valence-electron chi connectivity index (χ2n) is 7.21. The quantitative estimate of drug-likeness (QED) is 0.753. The van der Waals surface area contributed by atoms with Gasteiger partial charge in [0.1, 0.15) is 17.4 Å². The molecule has 0 radical (unpaired) electrons. The molecule has 1 aliphatic rings. The van der Waals surface area contributed by atoms with E-state index in [1.807, 2.05) is 30.5 Å². The average Bonchev–Trinajstić information content (AvgIpc) is 3.07. The highest BCUT2D eigenvalue weighted by atomic mass is 16.5. The van der Waals surface area contributed by atoms with Crippen LogP contribution in [0.5, 0.6) is 5.75 Å². The van der Waals surface area contributed by atoms with Crippen LogP contribution in [0.4, 0.5) is 0 Å². The molecule has 132 valence electrons. The molecule has 3 nitrogen and oxygen atoms in total. The van der Waals surface area contributed by atoms with Crippen LogP contribution in [-0.4, -0.2) is 29.6 Å². The van der Waals surface area contributed by atoms with Crippen molar-refractivity contribution >= 4 is 17.0 Å². The first kappa shape index (κ1) is 17.7. The van der Waals surface area contributed by atoms with Gasteiger partial charge >= 0.3 is 0 Å². The summed E-state index contributed by atoms with van der Waals surface area (Å²) in [7, 11) is 0. The molecule has 0 saturated carbocycles. The number of allylic oxidation sites excluding steroid dienone is 1. The van der Waals surface area contributed by atoms with Crippen LogP contribution in [0.25, 0.3) is 10.8 Å². The maximum Gasteiger partial charge on any atom is 0.127 e. The number of benzene rings is 2. The highest BCUT2D eigenvalue weighted by molar-refractivity contribution is 5.83. The second kappa shape index (κ2) is 7.83. The molecule has 1 heterocycles. The van der Waals surface area contributed by atoms with E-state index >= 15 is 0 Å². The minimum atomic E-state index is -0.338. The number of nitrogens with zero attached hydrogens (tertiary/aromatic N) is 1. The lowest BCUT2D eigenvalue weighted by Gasteiger charge is -2.35. The SMILES string of the molecule is CC(C)CC1(C(CCCO)Oc2ccc3ccccc3c2)C=CC=N1. The summed E-state index contributed by atoms with van der Waals surface area (Å²) in [5.74, 6) is 1.37. The van der Waals surface area contributed by atoms with Crippen LogP contribution in [-0.2, 0) is 0 Å². The average molecular weight is 337 g/mol. The first-order valence-electron chi connectivity index (χ1n) is 9.12. The number of rotatable bonds is 8. The molecule has 25 heavy (non-hydrogen) atoms. The Kier molecular flexibility index (Phi) is 5.54. The van der Waals surface area contributed by atoms with Crippen LogP contribution in [0.1, 0.15) is 33.1 Å². The lowest BCUT2D eigenvalue weighted by Crippen LogP contribution is -2.43. The first-order chi connectivity index (χ1) is 12.1. The molecule has 3 heteroatoms. The van der Waals surface area contributed by atoms with Gasteiger partial charge in [0.15, 0.2) is 0 Å². The van der Waals surface area contributed by atoms with Gasteiger partial charge in [0.2, 0.25) is 0 Å². The van der Waals surface area contributed by atoms with Gasteiger partial charge in [-0.15, -0.1) is 0 Å². The van der Waals surface area contributed by atoms with Gasteiger partial charge in [-0.05, 0) is 54.2 Å². The summed E-state index contributed by atoms with van der Waals surface area (Å²) in [5, 5.41) is 11.7. The predicted octanol–water partition coefficient (Wildman–Crippen LogP) is 4.79. The largest absolute Gasteiger partial charge is 0.488 e. The fourth-order valence-electron chi connectivity index (χ4n) is 3.62. The van der Waals surface area contributed by atoms with Crippen molar-refractivity contribution in [3.8, 4) is 5.75 Å². The highest BCUT2D eigenvalue weighted by Crippen LogP contribution is 2.35. The number of aliphatic hydroxyl groups is 1. The van der Waals surface area contributed by atoms with E-state index in [-0.39, 0.29) is 18.2 Å². The van der Waals surface area contributed by atoms with Gasteiger partial charge in [-0.1, -0.05) is 50.3 Å². The van der Waals surface area contributed by atoms with E-state index in [1.165, 1.54) is 10.8 Å². The number of ether oxygens (including phenoxy) is 1. The van der Waals surface area contributed by atoms with Gasteiger partial charge in [-0.2, -0.15) is 0 Å². The zero-order valence-corrected chi connectivity index (χ0v) is 15.1. The molecule has 1 N–H and O–H groups in total. The molecule has 0 bridgehead atoms. The van der Waals surface area contributed by atoms with E-state index in [9.17, 15) is 5.11 Å². The van der Waals surface area contributed by atoms with E-state index in [2.05, 4.69) is 44.2 Å². The van der Waals surface area contributed by atoms with E-state index in [1.54, 1.807) is 0 Å². The molecule has 2 aromatic rings. The Hall–Kier alpha value is -2.13. The summed E-state index contributed by atoms with van der Waals surface area (Å²) >= 11 is 0. The minimum Gasteiger partial charge on any atom is -0.488 e. The van der Waals surface area contributed by atoms with Crippen molar-refractivity contribution in [3.05, 3.63) is 54.6 Å². The maximum absolute atomic E-state index is 9.32. The Bertz CT molecular complexity index is 751. The Morgan fingerprint density at radius 3 is 2.60 bits per heavy atom. The monoisotopic (exact) mass is 337 g/mol. The van der Waals surface area contributed by atoms with E-state index in [0.29, 0.717) is 12.3 Å². The van der Waals surface area contributed by atoms with Crippen LogP contribution >= 0.6 is 0 Å². The Morgan fingerprint density at radius 2 is 1.92 bits per heavy atom. The second-order valence-corrected chi connectivity index (χ2v) is 7.21. The summed E-state index contributed by atoms with van der Waals surface area (Å²) in [5.41, 5.74) is -0.338.